The van der Waals surface area contributed by atoms with Gasteiger partial charge in [-0.25, -0.2) is 29.9 Å². The fourth-order valence-corrected chi connectivity index (χ4v) is 8.31. The molecule has 0 aliphatic rings. The molecule has 0 saturated carbocycles. The summed E-state index contributed by atoms with van der Waals surface area (Å²) in [5.41, 5.74) is 13.9. The molecule has 0 fully saturated rings. The quantitative estimate of drug-likeness (QED) is 0.150. The average Bonchev–Trinajstić information content (AvgIpc) is 3.34. The van der Waals surface area contributed by atoms with Crippen LogP contribution in [0.25, 0.3) is 111 Å². The van der Waals surface area contributed by atoms with Gasteiger partial charge in [-0.3, -0.25) is 0 Å². The molecule has 0 N–H and O–H groups in total. The van der Waals surface area contributed by atoms with Crippen molar-refractivity contribution in [2.45, 2.75) is 0 Å². The molecule has 0 atom stereocenters. The molecule has 0 amide bonds. The van der Waals surface area contributed by atoms with Crippen molar-refractivity contribution in [2.24, 2.45) is 0 Å². The van der Waals surface area contributed by atoms with E-state index in [-0.39, 0.29) is 0 Å². The summed E-state index contributed by atoms with van der Waals surface area (Å²) in [6.07, 6.45) is 10.2. The van der Waals surface area contributed by atoms with Crippen molar-refractivity contribution < 1.29 is 0 Å². The number of pyridine rings is 2. The number of fused-ring (bicyclic) bond motifs is 6. The van der Waals surface area contributed by atoms with Gasteiger partial charge in [0.2, 0.25) is 0 Å². The summed E-state index contributed by atoms with van der Waals surface area (Å²) < 4.78 is 0. The Hall–Kier alpha value is -8.22. The Morgan fingerprint density at radius 3 is 1.00 bits per heavy atom. The predicted octanol–water partition coefficient (Wildman–Crippen LogP) is 13.2. The molecular formula is C54H34N6. The minimum absolute atomic E-state index is 0.830. The summed E-state index contributed by atoms with van der Waals surface area (Å²) in [4.78, 5) is 26.9. The number of benzene rings is 7. The van der Waals surface area contributed by atoms with Crippen LogP contribution in [-0.2, 0) is 0 Å². The van der Waals surface area contributed by atoms with Gasteiger partial charge in [-0.1, -0.05) is 109 Å². The third-order valence-electron chi connectivity index (χ3n) is 11.2. The highest BCUT2D eigenvalue weighted by Gasteiger charge is 2.14. The van der Waals surface area contributed by atoms with Crippen molar-refractivity contribution >= 4 is 32.3 Å². The third-order valence-corrected chi connectivity index (χ3v) is 11.2. The van der Waals surface area contributed by atoms with E-state index in [1.165, 1.54) is 45.0 Å². The monoisotopic (exact) mass is 766 g/mol. The van der Waals surface area contributed by atoms with E-state index < -0.39 is 0 Å². The van der Waals surface area contributed by atoms with Crippen molar-refractivity contribution in [2.75, 3.05) is 0 Å². The smallest absolute Gasteiger partial charge is 0.115 e. The first-order chi connectivity index (χ1) is 29.7. The predicted molar refractivity (Wildman–Crippen MR) is 244 cm³/mol. The summed E-state index contributed by atoms with van der Waals surface area (Å²) in [7, 11) is 0. The molecule has 6 nitrogen and oxygen atoms in total. The lowest BCUT2D eigenvalue weighted by Gasteiger charge is -2.15. The number of nitrogens with zero attached hydrogens (tertiary/aromatic N) is 6. The molecule has 7 aromatic carbocycles. The van der Waals surface area contributed by atoms with Crippen LogP contribution in [0.15, 0.2) is 207 Å². The van der Waals surface area contributed by atoms with E-state index in [1.807, 2.05) is 24.3 Å². The van der Waals surface area contributed by atoms with Crippen molar-refractivity contribution in [3.05, 3.63) is 207 Å². The molecule has 4 heterocycles. The van der Waals surface area contributed by atoms with E-state index >= 15 is 0 Å². The Bertz CT molecular complexity index is 3200. The average molecular weight is 767 g/mol. The van der Waals surface area contributed by atoms with Crippen LogP contribution in [-0.4, -0.2) is 29.9 Å². The summed E-state index contributed by atoms with van der Waals surface area (Å²) >= 11 is 0. The van der Waals surface area contributed by atoms with Gasteiger partial charge in [0.15, 0.2) is 0 Å². The molecule has 0 radical (unpaired) electrons. The highest BCUT2D eigenvalue weighted by molar-refractivity contribution is 6.25. The molecule has 0 unspecified atom stereocenters. The van der Waals surface area contributed by atoms with Gasteiger partial charge in [0.25, 0.3) is 0 Å². The Balaban J connectivity index is 1.07. The summed E-state index contributed by atoms with van der Waals surface area (Å²) in [6, 6.07) is 60.8. The molecule has 0 bridgehead atoms. The van der Waals surface area contributed by atoms with Crippen LogP contribution >= 0.6 is 0 Å². The van der Waals surface area contributed by atoms with Gasteiger partial charge >= 0.3 is 0 Å². The van der Waals surface area contributed by atoms with E-state index in [0.29, 0.717) is 0 Å². The zero-order valence-electron chi connectivity index (χ0n) is 32.3. The van der Waals surface area contributed by atoms with Crippen LogP contribution in [0.1, 0.15) is 0 Å². The van der Waals surface area contributed by atoms with E-state index in [4.69, 9.17) is 9.97 Å². The van der Waals surface area contributed by atoms with Gasteiger partial charge < -0.3 is 0 Å². The SMILES string of the molecule is c1cc(-c2cc(-c3cccc(-c4cccc(-c5cncnc5)n4)c3)cc(-c3ccc4c5ccccc5c5ccccc5c4c3)c2)cc(-c2cccc(-c3cncnc3)n2)c1. The van der Waals surface area contributed by atoms with Crippen LogP contribution in [0.3, 0.4) is 0 Å². The molecule has 60 heavy (non-hydrogen) atoms. The van der Waals surface area contributed by atoms with Crippen molar-refractivity contribution in [3.63, 3.8) is 0 Å². The lowest BCUT2D eigenvalue weighted by atomic mass is 9.89. The maximum atomic E-state index is 5.02. The summed E-state index contributed by atoms with van der Waals surface area (Å²) in [6.45, 7) is 0. The van der Waals surface area contributed by atoms with Gasteiger partial charge in [0, 0.05) is 47.0 Å². The van der Waals surface area contributed by atoms with E-state index in [1.54, 1.807) is 24.8 Å². The maximum absolute atomic E-state index is 5.02. The zero-order chi connectivity index (χ0) is 39.8. The maximum Gasteiger partial charge on any atom is 0.115 e. The van der Waals surface area contributed by atoms with Crippen LogP contribution in [0, 0.1) is 0 Å². The molecule has 0 saturated heterocycles. The van der Waals surface area contributed by atoms with Gasteiger partial charge in [0.05, 0.1) is 22.8 Å². The number of aromatic nitrogens is 6. The van der Waals surface area contributed by atoms with Crippen LogP contribution in [0.4, 0.5) is 0 Å². The molecular weight excluding hydrogens is 733 g/mol. The first-order valence-corrected chi connectivity index (χ1v) is 19.9. The molecule has 6 heteroatoms. The number of hydrogen-bond donors (Lipinski definition) is 0. The summed E-state index contributed by atoms with van der Waals surface area (Å²) in [5, 5.41) is 7.53. The molecule has 11 aromatic rings. The molecule has 0 spiro atoms. The summed E-state index contributed by atoms with van der Waals surface area (Å²) in [5.74, 6) is 0. The highest BCUT2D eigenvalue weighted by Crippen LogP contribution is 2.40. The molecule has 4 aromatic heterocycles. The van der Waals surface area contributed by atoms with E-state index in [9.17, 15) is 0 Å². The Morgan fingerprint density at radius 2 is 0.550 bits per heavy atom. The molecule has 0 aliphatic carbocycles. The van der Waals surface area contributed by atoms with E-state index in [0.717, 1.165) is 78.4 Å². The molecule has 11 rings (SSSR count). The fraction of sp³-hybridized carbons (Fsp3) is 0. The number of hydrogen-bond acceptors (Lipinski definition) is 6. The normalized spacial score (nSPS) is 11.3. The Labute approximate surface area is 346 Å². The Kier molecular flexibility index (Phi) is 8.71. The third kappa shape index (κ3) is 6.52. The first kappa shape index (κ1) is 35.0. The van der Waals surface area contributed by atoms with Crippen molar-refractivity contribution in [1.29, 1.82) is 0 Å². The Morgan fingerprint density at radius 1 is 0.217 bits per heavy atom. The second-order valence-electron chi connectivity index (χ2n) is 14.9. The van der Waals surface area contributed by atoms with Gasteiger partial charge in [-0.15, -0.1) is 0 Å². The van der Waals surface area contributed by atoms with Crippen LogP contribution in [0.5, 0.6) is 0 Å². The van der Waals surface area contributed by atoms with Gasteiger partial charge in [0.1, 0.15) is 12.7 Å². The molecule has 0 aliphatic heterocycles. The highest BCUT2D eigenvalue weighted by atomic mass is 14.8. The zero-order valence-corrected chi connectivity index (χ0v) is 32.3. The van der Waals surface area contributed by atoms with Crippen molar-refractivity contribution in [3.8, 4) is 78.4 Å². The van der Waals surface area contributed by atoms with Gasteiger partial charge in [-0.2, -0.15) is 0 Å². The molecule has 280 valence electrons. The lowest BCUT2D eigenvalue weighted by molar-refractivity contribution is 1.16. The second-order valence-corrected chi connectivity index (χ2v) is 14.9. The second kappa shape index (κ2) is 14.9. The van der Waals surface area contributed by atoms with E-state index in [2.05, 4.69) is 166 Å². The minimum atomic E-state index is 0.830. The first-order valence-electron chi connectivity index (χ1n) is 19.9. The topological polar surface area (TPSA) is 77.3 Å². The standard InChI is InChI=1S/C54H34N6/c1-2-15-47-45(13-1)46-14-3-4-16-48(46)50-28-37(21-22-49(47)50)42-26-40(35-9-5-11-38(23-35)51-17-7-19-53(59-51)43-29-55-33-56-30-43)25-41(27-42)36-10-6-12-39(24-36)52-18-8-20-54(60-52)44-31-57-34-58-32-44/h1-34H. The van der Waals surface area contributed by atoms with Gasteiger partial charge in [-0.05, 0) is 126 Å². The van der Waals surface area contributed by atoms with Crippen molar-refractivity contribution in [1.82, 2.24) is 29.9 Å². The lowest BCUT2D eigenvalue weighted by Crippen LogP contribution is -1.91. The van der Waals surface area contributed by atoms with Crippen LogP contribution in [0.2, 0.25) is 0 Å². The largest absolute Gasteiger partial charge is 0.248 e. The fourth-order valence-electron chi connectivity index (χ4n) is 8.31. The number of rotatable bonds is 7. The minimum Gasteiger partial charge on any atom is -0.248 e. The van der Waals surface area contributed by atoms with Crippen LogP contribution < -0.4 is 0 Å².